The largest absolute Gasteiger partial charge is 0.459 e. The van der Waals surface area contributed by atoms with E-state index in [1.165, 1.54) is 12.1 Å². The van der Waals surface area contributed by atoms with Crippen LogP contribution in [0, 0.1) is 0 Å². The number of carbonyl (C=O) groups excluding carboxylic acids is 1. The Hall–Kier alpha value is -1.93. The lowest BCUT2D eigenvalue weighted by Gasteiger charge is -2.25. The monoisotopic (exact) mass is 410 g/mol. The summed E-state index contributed by atoms with van der Waals surface area (Å²) in [4.78, 5) is 12.5. The lowest BCUT2D eigenvalue weighted by Crippen LogP contribution is -2.34. The van der Waals surface area contributed by atoms with Gasteiger partial charge in [0, 0.05) is 6.54 Å². The fraction of sp³-hybridized carbons (Fsp3) is 0.316. The van der Waals surface area contributed by atoms with Crippen LogP contribution in [0.4, 0.5) is 0 Å². The van der Waals surface area contributed by atoms with Crippen LogP contribution in [0.5, 0.6) is 0 Å². The number of rotatable bonds is 6. The molecule has 1 atom stereocenters. The molecule has 0 amide bonds. The van der Waals surface area contributed by atoms with Crippen LogP contribution in [-0.2, 0) is 26.1 Å². The summed E-state index contributed by atoms with van der Waals surface area (Å²) in [5, 5.41) is 8.35. The topological polar surface area (TPSA) is 98.5 Å². The zero-order chi connectivity index (χ0) is 20.2. The Morgan fingerprint density at radius 3 is 2.37 bits per heavy atom. The molecular formula is C19H23ClN2O4S. The molecule has 0 unspecified atom stereocenters. The van der Waals surface area contributed by atoms with Crippen LogP contribution < -0.4 is 10.5 Å². The second-order valence-electron chi connectivity index (χ2n) is 7.07. The molecule has 0 saturated carbocycles. The lowest BCUT2D eigenvalue weighted by atomic mass is 10.1. The van der Waals surface area contributed by atoms with Crippen molar-refractivity contribution in [3.05, 3.63) is 64.7 Å². The number of esters is 1. The van der Waals surface area contributed by atoms with Crippen LogP contribution in [0.1, 0.15) is 37.9 Å². The number of primary sulfonamides is 1. The summed E-state index contributed by atoms with van der Waals surface area (Å²) < 4.78 is 28.8. The minimum atomic E-state index is -3.94. The van der Waals surface area contributed by atoms with Gasteiger partial charge in [0.25, 0.3) is 0 Å². The van der Waals surface area contributed by atoms with Gasteiger partial charge in [-0.05, 0) is 44.0 Å². The summed E-state index contributed by atoms with van der Waals surface area (Å²) in [5.74, 6) is -0.422. The van der Waals surface area contributed by atoms with Crippen molar-refractivity contribution < 1.29 is 17.9 Å². The molecule has 2 rings (SSSR count). The smallest absolute Gasteiger partial charge is 0.328 e. The first-order chi connectivity index (χ1) is 12.5. The maximum Gasteiger partial charge on any atom is 0.328 e. The fourth-order valence-electron chi connectivity index (χ4n) is 2.44. The summed E-state index contributed by atoms with van der Waals surface area (Å²) in [6.45, 7) is 5.61. The highest BCUT2D eigenvalue weighted by Gasteiger charge is 2.26. The second-order valence-corrected chi connectivity index (χ2v) is 9.00. The van der Waals surface area contributed by atoms with Gasteiger partial charge in [0.1, 0.15) is 16.5 Å². The van der Waals surface area contributed by atoms with Crippen molar-refractivity contribution in [1.29, 1.82) is 0 Å². The highest BCUT2D eigenvalue weighted by Crippen LogP contribution is 2.23. The van der Waals surface area contributed by atoms with E-state index in [9.17, 15) is 13.2 Å². The number of ether oxygens (including phenoxy) is 1. The van der Waals surface area contributed by atoms with E-state index < -0.39 is 27.6 Å². The number of hydrogen-bond acceptors (Lipinski definition) is 5. The molecule has 0 saturated heterocycles. The quantitative estimate of drug-likeness (QED) is 0.712. The average Bonchev–Trinajstić information content (AvgIpc) is 2.54. The number of nitrogens with two attached hydrogens (primary N) is 1. The maximum atomic E-state index is 12.6. The van der Waals surface area contributed by atoms with Gasteiger partial charge in [0.2, 0.25) is 10.0 Å². The van der Waals surface area contributed by atoms with Crippen molar-refractivity contribution in [3.8, 4) is 0 Å². The van der Waals surface area contributed by atoms with Gasteiger partial charge in [0.15, 0.2) is 0 Å². The molecule has 2 aromatic carbocycles. The summed E-state index contributed by atoms with van der Waals surface area (Å²) in [6.07, 6.45) is 0. The number of benzene rings is 2. The Morgan fingerprint density at radius 2 is 1.81 bits per heavy atom. The van der Waals surface area contributed by atoms with Crippen molar-refractivity contribution in [3.63, 3.8) is 0 Å². The number of halogens is 1. The average molecular weight is 411 g/mol. The van der Waals surface area contributed by atoms with Crippen molar-refractivity contribution in [2.75, 3.05) is 0 Å². The van der Waals surface area contributed by atoms with Crippen LogP contribution in [0.2, 0.25) is 5.02 Å². The Morgan fingerprint density at radius 1 is 1.19 bits per heavy atom. The highest BCUT2D eigenvalue weighted by atomic mass is 35.5. The Balaban J connectivity index is 2.25. The van der Waals surface area contributed by atoms with Crippen molar-refractivity contribution in [2.24, 2.45) is 5.14 Å². The van der Waals surface area contributed by atoms with Gasteiger partial charge in [0.05, 0.1) is 5.02 Å². The van der Waals surface area contributed by atoms with Gasteiger partial charge >= 0.3 is 5.97 Å². The SMILES string of the molecule is CC(C)(C)OC(=O)[C@H](NCc1ccc(Cl)c(S(N)(=O)=O)c1)c1ccccc1. The maximum absolute atomic E-state index is 12.6. The highest BCUT2D eigenvalue weighted by molar-refractivity contribution is 7.89. The molecule has 2 aromatic rings. The molecule has 0 fully saturated rings. The molecular weight excluding hydrogens is 388 g/mol. The molecule has 0 aromatic heterocycles. The fourth-order valence-corrected chi connectivity index (χ4v) is 3.53. The van der Waals surface area contributed by atoms with Crippen LogP contribution in [0.3, 0.4) is 0 Å². The summed E-state index contributed by atoms with van der Waals surface area (Å²) in [7, 11) is -3.94. The van der Waals surface area contributed by atoms with E-state index in [1.807, 2.05) is 30.3 Å². The van der Waals surface area contributed by atoms with Crippen molar-refractivity contribution >= 4 is 27.6 Å². The molecule has 0 aliphatic heterocycles. The molecule has 146 valence electrons. The van der Waals surface area contributed by atoms with Crippen molar-refractivity contribution in [1.82, 2.24) is 5.32 Å². The molecule has 0 bridgehead atoms. The first-order valence-electron chi connectivity index (χ1n) is 8.30. The first-order valence-corrected chi connectivity index (χ1v) is 10.2. The van der Waals surface area contributed by atoms with Gasteiger partial charge in [-0.3, -0.25) is 5.32 Å². The molecule has 27 heavy (non-hydrogen) atoms. The Bertz CT molecular complexity index is 909. The number of carbonyl (C=O) groups is 1. The predicted octanol–water partition coefficient (Wildman–Crippen LogP) is 3.16. The van der Waals surface area contributed by atoms with Crippen LogP contribution >= 0.6 is 11.6 Å². The van der Waals surface area contributed by atoms with E-state index in [-0.39, 0.29) is 16.5 Å². The molecule has 6 nitrogen and oxygen atoms in total. The van der Waals surface area contributed by atoms with Crippen LogP contribution in [0.15, 0.2) is 53.4 Å². The summed E-state index contributed by atoms with van der Waals surface area (Å²) in [5.41, 5.74) is 0.729. The van der Waals surface area contributed by atoms with Crippen LogP contribution in [-0.4, -0.2) is 20.0 Å². The van der Waals surface area contributed by atoms with E-state index in [0.717, 1.165) is 5.56 Å². The zero-order valence-corrected chi connectivity index (χ0v) is 17.0. The summed E-state index contributed by atoms with van der Waals surface area (Å²) in [6, 6.07) is 13.0. The van der Waals surface area contributed by atoms with E-state index in [1.54, 1.807) is 26.8 Å². The first kappa shape index (κ1) is 21.4. The third-order valence-corrected chi connectivity index (χ3v) is 4.98. The van der Waals surface area contributed by atoms with Gasteiger partial charge in [-0.2, -0.15) is 0 Å². The van der Waals surface area contributed by atoms with E-state index in [2.05, 4.69) is 5.32 Å². The number of sulfonamides is 1. The minimum Gasteiger partial charge on any atom is -0.459 e. The molecule has 3 N–H and O–H groups in total. The van der Waals surface area contributed by atoms with Gasteiger partial charge < -0.3 is 4.74 Å². The Kier molecular flexibility index (Phi) is 6.64. The molecule has 0 aliphatic carbocycles. The molecule has 0 heterocycles. The van der Waals surface area contributed by atoms with E-state index in [4.69, 9.17) is 21.5 Å². The lowest BCUT2D eigenvalue weighted by molar-refractivity contribution is -0.157. The van der Waals surface area contributed by atoms with Gasteiger partial charge in [-0.1, -0.05) is 48.0 Å². The van der Waals surface area contributed by atoms with E-state index >= 15 is 0 Å². The third-order valence-electron chi connectivity index (χ3n) is 3.59. The molecule has 0 aliphatic rings. The second kappa shape index (κ2) is 8.39. The van der Waals surface area contributed by atoms with Gasteiger partial charge in [-0.25, -0.2) is 18.4 Å². The minimum absolute atomic E-state index is 0.0491. The Labute approximate surface area is 164 Å². The van der Waals surface area contributed by atoms with Gasteiger partial charge in [-0.15, -0.1) is 0 Å². The van der Waals surface area contributed by atoms with Crippen molar-refractivity contribution in [2.45, 2.75) is 43.9 Å². The van der Waals surface area contributed by atoms with E-state index in [0.29, 0.717) is 5.56 Å². The number of nitrogens with one attached hydrogen (secondary N) is 1. The zero-order valence-electron chi connectivity index (χ0n) is 15.4. The molecule has 0 radical (unpaired) electrons. The molecule has 0 spiro atoms. The normalized spacial score (nSPS) is 13.2. The summed E-state index contributed by atoms with van der Waals surface area (Å²) >= 11 is 5.91. The van der Waals surface area contributed by atoms with Crippen LogP contribution in [0.25, 0.3) is 0 Å². The standard InChI is InChI=1S/C19H23ClN2O4S/c1-19(2,3)26-18(23)17(14-7-5-4-6-8-14)22-12-13-9-10-15(20)16(11-13)27(21,24)25/h4-11,17,22H,12H2,1-3H3,(H2,21,24,25)/t17-/m1/s1. The number of hydrogen-bond donors (Lipinski definition) is 2. The predicted molar refractivity (Wildman–Crippen MR) is 105 cm³/mol. The third kappa shape index (κ3) is 6.32. The molecule has 8 heteroatoms.